The largest absolute Gasteiger partial charge is 0.352 e. The number of hydrogen-bond acceptors (Lipinski definition) is 5. The fourth-order valence-corrected chi connectivity index (χ4v) is 3.48. The predicted octanol–water partition coefficient (Wildman–Crippen LogP) is 1.37. The fourth-order valence-electron chi connectivity index (χ4n) is 3.48. The van der Waals surface area contributed by atoms with Crippen molar-refractivity contribution in [2.24, 2.45) is 0 Å². The first kappa shape index (κ1) is 18.2. The van der Waals surface area contributed by atoms with Crippen LogP contribution in [0, 0.1) is 11.6 Å². The van der Waals surface area contributed by atoms with Crippen LogP contribution in [0.4, 0.5) is 8.78 Å². The second-order valence-corrected chi connectivity index (χ2v) is 6.92. The van der Waals surface area contributed by atoms with Gasteiger partial charge in [-0.15, -0.1) is 5.10 Å². The summed E-state index contributed by atoms with van der Waals surface area (Å²) in [5.74, 6) is -1.66. The number of halogens is 2. The summed E-state index contributed by atoms with van der Waals surface area (Å²) >= 11 is 0. The lowest BCUT2D eigenvalue weighted by molar-refractivity contribution is -0.122. The number of rotatable bonds is 5. The van der Waals surface area contributed by atoms with Crippen molar-refractivity contribution in [2.75, 3.05) is 0 Å². The topological polar surface area (TPSA) is 94.7 Å². The van der Waals surface area contributed by atoms with Crippen LogP contribution in [0.15, 0.2) is 29.3 Å². The lowest BCUT2D eigenvalue weighted by Gasteiger charge is -2.12. The molecule has 0 saturated heterocycles. The fraction of sp³-hybridized carbons (Fsp3) is 0.389. The summed E-state index contributed by atoms with van der Waals surface area (Å²) in [5.41, 5.74) is 0.00428. The third kappa shape index (κ3) is 3.75. The number of benzene rings is 1. The number of carbonyl (C=O) groups is 1. The highest BCUT2D eigenvalue weighted by Gasteiger charge is 2.19. The third-order valence-electron chi connectivity index (χ3n) is 4.78. The molecular weight excluding hydrogens is 370 g/mol. The van der Waals surface area contributed by atoms with Crippen LogP contribution >= 0.6 is 0 Å². The van der Waals surface area contributed by atoms with E-state index in [-0.39, 0.29) is 36.2 Å². The van der Waals surface area contributed by atoms with Gasteiger partial charge >= 0.3 is 0 Å². The van der Waals surface area contributed by atoms with Gasteiger partial charge in [0.15, 0.2) is 11.2 Å². The second-order valence-electron chi connectivity index (χ2n) is 6.92. The summed E-state index contributed by atoms with van der Waals surface area (Å²) < 4.78 is 29.2. The minimum Gasteiger partial charge on any atom is -0.352 e. The van der Waals surface area contributed by atoms with Gasteiger partial charge in [0.1, 0.15) is 24.5 Å². The van der Waals surface area contributed by atoms with E-state index in [2.05, 4.69) is 20.6 Å². The van der Waals surface area contributed by atoms with Crippen molar-refractivity contribution in [1.82, 2.24) is 29.9 Å². The minimum absolute atomic E-state index is 0.00377. The molecule has 1 aliphatic carbocycles. The normalized spacial score (nSPS) is 14.6. The van der Waals surface area contributed by atoms with Crippen molar-refractivity contribution in [1.29, 1.82) is 0 Å². The van der Waals surface area contributed by atoms with Crippen LogP contribution in [-0.2, 0) is 17.9 Å². The lowest BCUT2D eigenvalue weighted by Crippen LogP contribution is -2.37. The van der Waals surface area contributed by atoms with Gasteiger partial charge in [0.2, 0.25) is 5.91 Å². The SMILES string of the molecule is O=C(Cn1cnc2c(nnn2Cc2cc(F)cc(F)c2)c1=O)NC1CCCC1. The van der Waals surface area contributed by atoms with E-state index < -0.39 is 17.2 Å². The summed E-state index contributed by atoms with van der Waals surface area (Å²) in [6, 6.07) is 3.28. The second kappa shape index (κ2) is 7.45. The highest BCUT2D eigenvalue weighted by molar-refractivity contribution is 5.76. The molecule has 0 bridgehead atoms. The van der Waals surface area contributed by atoms with Crippen LogP contribution in [0.3, 0.4) is 0 Å². The zero-order valence-electron chi connectivity index (χ0n) is 14.9. The molecule has 4 rings (SSSR count). The summed E-state index contributed by atoms with van der Waals surface area (Å²) in [6.45, 7) is -0.149. The van der Waals surface area contributed by atoms with E-state index >= 15 is 0 Å². The highest BCUT2D eigenvalue weighted by Crippen LogP contribution is 2.17. The van der Waals surface area contributed by atoms with Crippen LogP contribution in [0.2, 0.25) is 0 Å². The molecule has 2 aromatic heterocycles. The molecule has 1 amide bonds. The smallest absolute Gasteiger partial charge is 0.283 e. The average Bonchev–Trinajstić information content (AvgIpc) is 3.27. The molecule has 0 radical (unpaired) electrons. The zero-order chi connectivity index (χ0) is 19.7. The van der Waals surface area contributed by atoms with Crippen molar-refractivity contribution in [3.63, 3.8) is 0 Å². The van der Waals surface area contributed by atoms with Gasteiger partial charge in [-0.1, -0.05) is 18.1 Å². The molecule has 0 spiro atoms. The van der Waals surface area contributed by atoms with Gasteiger partial charge in [-0.2, -0.15) is 0 Å². The van der Waals surface area contributed by atoms with Crippen molar-refractivity contribution >= 4 is 17.1 Å². The first-order valence-electron chi connectivity index (χ1n) is 9.02. The maximum absolute atomic E-state index is 13.4. The first-order chi connectivity index (χ1) is 13.5. The van der Waals surface area contributed by atoms with E-state index in [0.717, 1.165) is 31.7 Å². The Labute approximate surface area is 158 Å². The highest BCUT2D eigenvalue weighted by atomic mass is 19.1. The molecule has 1 aromatic carbocycles. The third-order valence-corrected chi connectivity index (χ3v) is 4.78. The Bertz CT molecular complexity index is 1070. The van der Waals surface area contributed by atoms with Gasteiger partial charge in [0.25, 0.3) is 5.56 Å². The van der Waals surface area contributed by atoms with Crippen LogP contribution in [0.25, 0.3) is 11.2 Å². The summed E-state index contributed by atoms with van der Waals surface area (Å²) in [5, 5.41) is 10.6. The summed E-state index contributed by atoms with van der Waals surface area (Å²) in [6.07, 6.45) is 5.35. The number of hydrogen-bond donors (Lipinski definition) is 1. The molecule has 0 atom stereocenters. The van der Waals surface area contributed by atoms with Gasteiger partial charge in [0, 0.05) is 12.1 Å². The van der Waals surface area contributed by atoms with E-state index in [0.29, 0.717) is 5.56 Å². The maximum Gasteiger partial charge on any atom is 0.283 e. The Morgan fingerprint density at radius 3 is 2.61 bits per heavy atom. The van der Waals surface area contributed by atoms with E-state index in [1.54, 1.807) is 0 Å². The zero-order valence-corrected chi connectivity index (χ0v) is 14.9. The van der Waals surface area contributed by atoms with E-state index in [9.17, 15) is 18.4 Å². The van der Waals surface area contributed by atoms with Gasteiger partial charge in [-0.05, 0) is 30.5 Å². The standard InChI is InChI=1S/C18H18F2N6O2/c19-12-5-11(6-13(20)7-12)8-26-17-16(23-24-26)18(28)25(10-21-17)9-15(27)22-14-3-1-2-4-14/h5-7,10,14H,1-4,8-9H2,(H,22,27). The molecule has 10 heteroatoms. The molecule has 8 nitrogen and oxygen atoms in total. The quantitative estimate of drug-likeness (QED) is 0.713. The monoisotopic (exact) mass is 388 g/mol. The van der Waals surface area contributed by atoms with Crippen molar-refractivity contribution in [2.45, 2.75) is 44.8 Å². The molecule has 1 fully saturated rings. The molecule has 2 heterocycles. The Hall–Kier alpha value is -3.17. The van der Waals surface area contributed by atoms with Crippen molar-refractivity contribution in [3.8, 4) is 0 Å². The van der Waals surface area contributed by atoms with Gasteiger partial charge in [-0.3, -0.25) is 14.2 Å². The van der Waals surface area contributed by atoms with Crippen LogP contribution in [0.5, 0.6) is 0 Å². The predicted molar refractivity (Wildman–Crippen MR) is 95.4 cm³/mol. The Balaban J connectivity index is 1.55. The Morgan fingerprint density at radius 1 is 1.18 bits per heavy atom. The molecule has 0 aliphatic heterocycles. The molecule has 1 saturated carbocycles. The summed E-state index contributed by atoms with van der Waals surface area (Å²) in [4.78, 5) is 28.9. The minimum atomic E-state index is -0.706. The van der Waals surface area contributed by atoms with Crippen molar-refractivity contribution in [3.05, 3.63) is 52.1 Å². The van der Waals surface area contributed by atoms with E-state index in [1.165, 1.54) is 27.7 Å². The van der Waals surface area contributed by atoms with E-state index in [1.807, 2.05) is 0 Å². The summed E-state index contributed by atoms with van der Waals surface area (Å²) in [7, 11) is 0. The number of amides is 1. The lowest BCUT2D eigenvalue weighted by atomic mass is 10.2. The van der Waals surface area contributed by atoms with Crippen LogP contribution in [-0.4, -0.2) is 36.5 Å². The number of nitrogens with one attached hydrogen (secondary N) is 1. The van der Waals surface area contributed by atoms with Crippen LogP contribution < -0.4 is 10.9 Å². The molecule has 28 heavy (non-hydrogen) atoms. The molecular formula is C18H18F2N6O2. The van der Waals surface area contributed by atoms with Crippen molar-refractivity contribution < 1.29 is 13.6 Å². The number of carbonyl (C=O) groups excluding carboxylic acids is 1. The molecule has 1 N–H and O–H groups in total. The number of fused-ring (bicyclic) bond motifs is 1. The molecule has 1 aliphatic rings. The van der Waals surface area contributed by atoms with Gasteiger partial charge in [0.05, 0.1) is 6.54 Å². The Kier molecular flexibility index (Phi) is 4.84. The van der Waals surface area contributed by atoms with Crippen LogP contribution in [0.1, 0.15) is 31.2 Å². The number of aromatic nitrogens is 5. The van der Waals surface area contributed by atoms with Gasteiger partial charge < -0.3 is 5.32 Å². The first-order valence-corrected chi connectivity index (χ1v) is 9.02. The Morgan fingerprint density at radius 2 is 1.89 bits per heavy atom. The van der Waals surface area contributed by atoms with E-state index in [4.69, 9.17) is 0 Å². The average molecular weight is 388 g/mol. The molecule has 0 unspecified atom stereocenters. The van der Waals surface area contributed by atoms with Gasteiger partial charge in [-0.25, -0.2) is 18.4 Å². The molecule has 3 aromatic rings. The maximum atomic E-state index is 13.4. The molecule has 146 valence electrons. The number of nitrogens with zero attached hydrogens (tertiary/aromatic N) is 5.